The summed E-state index contributed by atoms with van der Waals surface area (Å²) in [5.41, 5.74) is 6.78. The zero-order valence-electron chi connectivity index (χ0n) is 18.2. The van der Waals surface area contributed by atoms with Crippen molar-refractivity contribution < 1.29 is 0 Å². The van der Waals surface area contributed by atoms with Crippen LogP contribution in [0.2, 0.25) is 0 Å². The van der Waals surface area contributed by atoms with Gasteiger partial charge < -0.3 is 0 Å². The zero-order valence-corrected chi connectivity index (χ0v) is 19.9. The number of hydrogen-bond acceptors (Lipinski definition) is 5. The Labute approximate surface area is 196 Å². The van der Waals surface area contributed by atoms with Crippen molar-refractivity contribution in [3.8, 4) is 0 Å². The third-order valence-corrected chi connectivity index (χ3v) is 8.75. The molecule has 3 nitrogen and oxygen atoms in total. The summed E-state index contributed by atoms with van der Waals surface area (Å²) in [5, 5.41) is 4.95. The number of thiophene rings is 1. The maximum atomic E-state index is 5.16. The van der Waals surface area contributed by atoms with Crippen LogP contribution in [-0.2, 0) is 25.0 Å². The smallest absolute Gasteiger partial charge is 0.126 e. The molecule has 2 aromatic carbocycles. The van der Waals surface area contributed by atoms with Gasteiger partial charge in [0.2, 0.25) is 0 Å². The van der Waals surface area contributed by atoms with E-state index in [0.717, 1.165) is 34.0 Å². The minimum atomic E-state index is 0.901. The molecule has 0 saturated carbocycles. The maximum Gasteiger partial charge on any atom is 0.126 e. The zero-order chi connectivity index (χ0) is 21.5. The molecule has 0 amide bonds. The lowest BCUT2D eigenvalue weighted by Gasteiger charge is -2.08. The fraction of sp³-hybridized carbons (Fsp3) is 0.296. The minimum Gasteiger partial charge on any atom is -0.242 e. The molecule has 1 aliphatic carbocycles. The normalized spacial score (nSPS) is 13.4. The molecule has 0 spiro atoms. The molecule has 6 rings (SSSR count). The summed E-state index contributed by atoms with van der Waals surface area (Å²) in [6.45, 7) is 2.26. The molecule has 1 aliphatic rings. The Morgan fingerprint density at radius 1 is 1.00 bits per heavy atom. The summed E-state index contributed by atoms with van der Waals surface area (Å²) in [6.07, 6.45) is 8.82. The summed E-state index contributed by atoms with van der Waals surface area (Å²) < 4.78 is 1.20. The van der Waals surface area contributed by atoms with E-state index in [1.807, 2.05) is 11.8 Å². The van der Waals surface area contributed by atoms with E-state index in [1.54, 1.807) is 17.7 Å². The van der Waals surface area contributed by atoms with Crippen molar-refractivity contribution in [2.24, 2.45) is 0 Å². The monoisotopic (exact) mass is 455 g/mol. The molecule has 0 unspecified atom stereocenters. The fourth-order valence-corrected chi connectivity index (χ4v) is 7.09. The van der Waals surface area contributed by atoms with Crippen LogP contribution in [0.3, 0.4) is 0 Å². The van der Waals surface area contributed by atoms with Crippen molar-refractivity contribution in [1.29, 1.82) is 0 Å². The summed E-state index contributed by atoms with van der Waals surface area (Å²) in [4.78, 5) is 15.7. The molecule has 5 aromatic rings. The van der Waals surface area contributed by atoms with Gasteiger partial charge in [0.25, 0.3) is 0 Å². The molecular weight excluding hydrogens is 430 g/mol. The van der Waals surface area contributed by atoms with Crippen LogP contribution in [0.25, 0.3) is 31.2 Å². The number of hydrogen-bond donors (Lipinski definition) is 0. The van der Waals surface area contributed by atoms with Gasteiger partial charge in [-0.25, -0.2) is 15.0 Å². The van der Waals surface area contributed by atoms with Gasteiger partial charge in [-0.05, 0) is 59.6 Å². The van der Waals surface area contributed by atoms with E-state index in [2.05, 4.69) is 54.4 Å². The quantitative estimate of drug-likeness (QED) is 0.196. The standard InChI is InChI=1S/C27H25N3S2/c1-2-3-11-22-20-9-6-10-21(20)23-24-25(32-26(23)30-22)27(29-16-28-24)31-15-17-12-13-18-7-4-5-8-19(18)14-17/h4-5,7-8,12-14,16H,2-3,6,9-11,15H2,1H3. The van der Waals surface area contributed by atoms with Crippen molar-refractivity contribution in [3.63, 3.8) is 0 Å². The summed E-state index contributed by atoms with van der Waals surface area (Å²) >= 11 is 3.59. The number of pyridine rings is 1. The van der Waals surface area contributed by atoms with Crippen molar-refractivity contribution in [2.45, 2.75) is 56.2 Å². The molecule has 3 aromatic heterocycles. The molecule has 3 heterocycles. The lowest BCUT2D eigenvalue weighted by atomic mass is 10.0. The minimum absolute atomic E-state index is 0.901. The van der Waals surface area contributed by atoms with Crippen molar-refractivity contribution in [3.05, 3.63) is 71.2 Å². The van der Waals surface area contributed by atoms with E-state index in [9.17, 15) is 0 Å². The predicted molar refractivity (Wildman–Crippen MR) is 137 cm³/mol. The lowest BCUT2D eigenvalue weighted by molar-refractivity contribution is 0.770. The first-order chi connectivity index (χ1) is 15.8. The highest BCUT2D eigenvalue weighted by Gasteiger charge is 2.24. The van der Waals surface area contributed by atoms with Crippen LogP contribution in [0.4, 0.5) is 0 Å². The van der Waals surface area contributed by atoms with Gasteiger partial charge in [0.15, 0.2) is 0 Å². The number of rotatable bonds is 6. The Kier molecular flexibility index (Phi) is 5.32. The molecule has 32 heavy (non-hydrogen) atoms. The molecule has 5 heteroatoms. The van der Waals surface area contributed by atoms with Crippen LogP contribution >= 0.6 is 23.1 Å². The molecule has 0 bridgehead atoms. The van der Waals surface area contributed by atoms with Gasteiger partial charge in [0.1, 0.15) is 16.2 Å². The van der Waals surface area contributed by atoms with Crippen molar-refractivity contribution in [1.82, 2.24) is 15.0 Å². The molecule has 160 valence electrons. The third kappa shape index (κ3) is 3.48. The van der Waals surface area contributed by atoms with Gasteiger partial charge in [-0.3, -0.25) is 0 Å². The van der Waals surface area contributed by atoms with E-state index < -0.39 is 0 Å². The number of thioether (sulfide) groups is 1. The molecular formula is C27H25N3S2. The van der Waals surface area contributed by atoms with Gasteiger partial charge in [0, 0.05) is 16.8 Å². The third-order valence-electron chi connectivity index (χ3n) is 6.48. The Morgan fingerprint density at radius 2 is 1.88 bits per heavy atom. The topological polar surface area (TPSA) is 38.7 Å². The van der Waals surface area contributed by atoms with Crippen molar-refractivity contribution in [2.75, 3.05) is 0 Å². The second-order valence-electron chi connectivity index (χ2n) is 8.58. The first-order valence-electron chi connectivity index (χ1n) is 11.5. The van der Waals surface area contributed by atoms with Crippen LogP contribution in [0.5, 0.6) is 0 Å². The average molecular weight is 456 g/mol. The molecule has 0 aliphatic heterocycles. The summed E-state index contributed by atoms with van der Waals surface area (Å²) in [5.74, 6) is 0.901. The first-order valence-corrected chi connectivity index (χ1v) is 13.3. The number of unbranched alkanes of at least 4 members (excludes halogenated alkanes) is 1. The van der Waals surface area contributed by atoms with Gasteiger partial charge in [-0.1, -0.05) is 55.8 Å². The van der Waals surface area contributed by atoms with Crippen LogP contribution in [-0.4, -0.2) is 15.0 Å². The van der Waals surface area contributed by atoms with Gasteiger partial charge in [0.05, 0.1) is 10.2 Å². The van der Waals surface area contributed by atoms with E-state index >= 15 is 0 Å². The Bertz CT molecular complexity index is 1450. The Morgan fingerprint density at radius 3 is 2.78 bits per heavy atom. The highest BCUT2D eigenvalue weighted by atomic mass is 32.2. The molecule has 0 N–H and O–H groups in total. The number of benzene rings is 2. The number of fused-ring (bicyclic) bond motifs is 6. The summed E-state index contributed by atoms with van der Waals surface area (Å²) in [7, 11) is 0. The van der Waals surface area contributed by atoms with Crippen molar-refractivity contribution >= 4 is 54.3 Å². The molecule has 0 atom stereocenters. The van der Waals surface area contributed by atoms with Crippen LogP contribution in [0.1, 0.15) is 48.6 Å². The molecule has 0 radical (unpaired) electrons. The van der Waals surface area contributed by atoms with Gasteiger partial charge in [-0.2, -0.15) is 0 Å². The van der Waals surface area contributed by atoms with Gasteiger partial charge >= 0.3 is 0 Å². The Balaban J connectivity index is 1.39. The lowest BCUT2D eigenvalue weighted by Crippen LogP contribution is -1.98. The average Bonchev–Trinajstić information content (AvgIpc) is 3.45. The van der Waals surface area contributed by atoms with E-state index in [-0.39, 0.29) is 0 Å². The first kappa shape index (κ1) is 20.1. The van der Waals surface area contributed by atoms with E-state index in [0.29, 0.717) is 0 Å². The highest BCUT2D eigenvalue weighted by molar-refractivity contribution is 7.98. The fourth-order valence-electron chi connectivity index (χ4n) is 4.89. The van der Waals surface area contributed by atoms with Crippen LogP contribution < -0.4 is 0 Å². The van der Waals surface area contributed by atoms with E-state index in [4.69, 9.17) is 9.97 Å². The Hall–Kier alpha value is -2.50. The second-order valence-corrected chi connectivity index (χ2v) is 10.5. The SMILES string of the molecule is CCCCc1nc2sc3c(SCc4ccc5ccccc5c4)ncnc3c2c2c1CCC2. The maximum absolute atomic E-state index is 5.16. The highest BCUT2D eigenvalue weighted by Crippen LogP contribution is 2.42. The van der Waals surface area contributed by atoms with Crippen LogP contribution in [0, 0.1) is 0 Å². The number of nitrogens with zero attached hydrogens (tertiary/aromatic N) is 3. The van der Waals surface area contributed by atoms with Gasteiger partial charge in [-0.15, -0.1) is 23.1 Å². The largest absolute Gasteiger partial charge is 0.242 e. The summed E-state index contributed by atoms with van der Waals surface area (Å²) in [6, 6.07) is 15.3. The molecule has 0 fully saturated rings. The number of aromatic nitrogens is 3. The molecule has 0 saturated heterocycles. The van der Waals surface area contributed by atoms with Crippen LogP contribution in [0.15, 0.2) is 53.8 Å². The second kappa shape index (κ2) is 8.45. The number of aryl methyl sites for hydroxylation is 2. The van der Waals surface area contributed by atoms with E-state index in [1.165, 1.54) is 68.9 Å². The predicted octanol–water partition coefficient (Wildman–Crippen LogP) is 7.52.